The summed E-state index contributed by atoms with van der Waals surface area (Å²) in [4.78, 5) is 24.1. The van der Waals surface area contributed by atoms with Crippen molar-refractivity contribution in [1.29, 1.82) is 0 Å². The Hall–Kier alpha value is -1.88. The summed E-state index contributed by atoms with van der Waals surface area (Å²) in [6.45, 7) is 4.25. The Bertz CT molecular complexity index is 456. The van der Waals surface area contributed by atoms with Crippen molar-refractivity contribution in [1.82, 2.24) is 5.32 Å². The fourth-order valence-corrected chi connectivity index (χ4v) is 2.16. The second kappa shape index (κ2) is 6.33. The highest BCUT2D eigenvalue weighted by Crippen LogP contribution is 2.09. The number of anilines is 1. The minimum absolute atomic E-state index is 0.0151. The first-order chi connectivity index (χ1) is 9.17. The van der Waals surface area contributed by atoms with E-state index in [2.05, 4.69) is 17.6 Å². The third-order valence-corrected chi connectivity index (χ3v) is 3.27. The summed E-state index contributed by atoms with van der Waals surface area (Å²) >= 11 is 0. The summed E-state index contributed by atoms with van der Waals surface area (Å²) in [5.74, 6) is -0.0321. The van der Waals surface area contributed by atoms with Gasteiger partial charge in [0.05, 0.1) is 13.1 Å². The Morgan fingerprint density at radius 2 is 2.11 bits per heavy atom. The number of carbonyl (C=O) groups excluding carboxylic acids is 2. The van der Waals surface area contributed by atoms with Crippen LogP contribution in [0.4, 0.5) is 5.69 Å². The standard InChI is InChI=1S/C14H19N3O2/c1-2-11-3-5-12(6-4-11)16-14(19)10-17-8-7-15-13(18)9-17/h3-6H,2,7-10H2,1H3,(H,15,18)(H,16,19)/p+1. The number of carbonyl (C=O) groups is 2. The average Bonchev–Trinajstić information content (AvgIpc) is 2.39. The van der Waals surface area contributed by atoms with Crippen LogP contribution >= 0.6 is 0 Å². The van der Waals surface area contributed by atoms with E-state index >= 15 is 0 Å². The highest BCUT2D eigenvalue weighted by molar-refractivity contribution is 5.91. The number of benzene rings is 1. The fourth-order valence-electron chi connectivity index (χ4n) is 2.16. The zero-order valence-electron chi connectivity index (χ0n) is 11.2. The maximum atomic E-state index is 11.9. The van der Waals surface area contributed by atoms with Crippen LogP contribution in [0.2, 0.25) is 0 Å². The van der Waals surface area contributed by atoms with E-state index in [1.807, 2.05) is 24.3 Å². The minimum Gasteiger partial charge on any atom is -0.346 e. The number of quaternary nitrogens is 1. The molecule has 0 saturated carbocycles. The van der Waals surface area contributed by atoms with Crippen molar-refractivity contribution in [3.63, 3.8) is 0 Å². The van der Waals surface area contributed by atoms with Gasteiger partial charge in [0.1, 0.15) is 0 Å². The molecule has 19 heavy (non-hydrogen) atoms. The van der Waals surface area contributed by atoms with E-state index in [0.717, 1.165) is 23.6 Å². The van der Waals surface area contributed by atoms with Crippen molar-refractivity contribution in [3.05, 3.63) is 29.8 Å². The number of amides is 2. The van der Waals surface area contributed by atoms with E-state index in [1.165, 1.54) is 5.56 Å². The van der Waals surface area contributed by atoms with Crippen LogP contribution in [0.5, 0.6) is 0 Å². The van der Waals surface area contributed by atoms with Gasteiger partial charge in [-0.2, -0.15) is 0 Å². The first-order valence-corrected chi connectivity index (χ1v) is 6.66. The minimum atomic E-state index is -0.0473. The molecule has 0 aromatic heterocycles. The molecule has 5 heteroatoms. The molecule has 1 aliphatic rings. The van der Waals surface area contributed by atoms with Crippen LogP contribution < -0.4 is 15.5 Å². The van der Waals surface area contributed by atoms with E-state index in [0.29, 0.717) is 19.6 Å². The smallest absolute Gasteiger partial charge is 0.279 e. The summed E-state index contributed by atoms with van der Waals surface area (Å²) in [6.07, 6.45) is 0.987. The Kier molecular flexibility index (Phi) is 4.52. The van der Waals surface area contributed by atoms with Gasteiger partial charge in [0.25, 0.3) is 11.8 Å². The van der Waals surface area contributed by atoms with Crippen LogP contribution in [-0.4, -0.2) is 38.0 Å². The molecule has 0 aliphatic carbocycles. The van der Waals surface area contributed by atoms with Crippen molar-refractivity contribution < 1.29 is 14.5 Å². The number of hydrogen-bond acceptors (Lipinski definition) is 2. The zero-order chi connectivity index (χ0) is 13.7. The highest BCUT2D eigenvalue weighted by atomic mass is 16.2. The molecule has 102 valence electrons. The lowest BCUT2D eigenvalue weighted by molar-refractivity contribution is -0.885. The Morgan fingerprint density at radius 3 is 2.74 bits per heavy atom. The number of hydrogen-bond donors (Lipinski definition) is 3. The second-order valence-corrected chi connectivity index (χ2v) is 4.80. The van der Waals surface area contributed by atoms with E-state index in [-0.39, 0.29) is 11.8 Å². The van der Waals surface area contributed by atoms with Gasteiger partial charge in [-0.15, -0.1) is 0 Å². The van der Waals surface area contributed by atoms with Crippen molar-refractivity contribution in [2.45, 2.75) is 13.3 Å². The summed E-state index contributed by atoms with van der Waals surface area (Å²) < 4.78 is 0. The lowest BCUT2D eigenvalue weighted by Crippen LogP contribution is -3.16. The van der Waals surface area contributed by atoms with Gasteiger partial charge in [-0.3, -0.25) is 9.59 Å². The van der Waals surface area contributed by atoms with Crippen molar-refractivity contribution in [2.24, 2.45) is 0 Å². The van der Waals surface area contributed by atoms with Crippen molar-refractivity contribution in [3.8, 4) is 0 Å². The van der Waals surface area contributed by atoms with Crippen LogP contribution in [0.25, 0.3) is 0 Å². The van der Waals surface area contributed by atoms with Gasteiger partial charge in [0.2, 0.25) is 0 Å². The Morgan fingerprint density at radius 1 is 1.37 bits per heavy atom. The van der Waals surface area contributed by atoms with Crippen molar-refractivity contribution >= 4 is 17.5 Å². The third-order valence-electron chi connectivity index (χ3n) is 3.27. The molecule has 1 saturated heterocycles. The molecule has 1 heterocycles. The lowest BCUT2D eigenvalue weighted by Gasteiger charge is -2.22. The molecular formula is C14H20N3O2+. The van der Waals surface area contributed by atoms with Crippen LogP contribution in [0.1, 0.15) is 12.5 Å². The van der Waals surface area contributed by atoms with Crippen LogP contribution in [0, 0.1) is 0 Å². The van der Waals surface area contributed by atoms with Gasteiger partial charge in [0, 0.05) is 5.69 Å². The first kappa shape index (κ1) is 13.5. The van der Waals surface area contributed by atoms with E-state index in [1.54, 1.807) is 0 Å². The lowest BCUT2D eigenvalue weighted by atomic mass is 10.1. The maximum absolute atomic E-state index is 11.9. The fraction of sp³-hybridized carbons (Fsp3) is 0.429. The van der Waals surface area contributed by atoms with Gasteiger partial charge in [-0.05, 0) is 24.1 Å². The van der Waals surface area contributed by atoms with E-state index < -0.39 is 0 Å². The Labute approximate surface area is 113 Å². The molecule has 1 fully saturated rings. The first-order valence-electron chi connectivity index (χ1n) is 6.66. The highest BCUT2D eigenvalue weighted by Gasteiger charge is 2.21. The molecule has 1 atom stereocenters. The van der Waals surface area contributed by atoms with Gasteiger partial charge in [-0.1, -0.05) is 19.1 Å². The van der Waals surface area contributed by atoms with Gasteiger partial charge in [0.15, 0.2) is 13.1 Å². The molecule has 2 amide bonds. The molecule has 1 aliphatic heterocycles. The third kappa shape index (κ3) is 4.06. The van der Waals surface area contributed by atoms with Crippen LogP contribution in [0.3, 0.4) is 0 Å². The van der Waals surface area contributed by atoms with Crippen LogP contribution in [0.15, 0.2) is 24.3 Å². The molecule has 1 aromatic carbocycles. The number of piperazine rings is 1. The molecule has 3 N–H and O–H groups in total. The predicted molar refractivity (Wildman–Crippen MR) is 73.0 cm³/mol. The SMILES string of the molecule is CCc1ccc(NC(=O)C[NH+]2CCNC(=O)C2)cc1. The quantitative estimate of drug-likeness (QED) is 0.665. The normalized spacial score (nSPS) is 18.8. The second-order valence-electron chi connectivity index (χ2n) is 4.80. The molecule has 1 unspecified atom stereocenters. The number of nitrogens with one attached hydrogen (secondary N) is 3. The molecule has 0 radical (unpaired) electrons. The maximum Gasteiger partial charge on any atom is 0.279 e. The molecule has 0 bridgehead atoms. The van der Waals surface area contributed by atoms with E-state index in [9.17, 15) is 9.59 Å². The molecular weight excluding hydrogens is 242 g/mol. The largest absolute Gasteiger partial charge is 0.346 e. The summed E-state index contributed by atoms with van der Waals surface area (Å²) in [7, 11) is 0. The molecule has 5 nitrogen and oxygen atoms in total. The summed E-state index contributed by atoms with van der Waals surface area (Å²) in [5.41, 5.74) is 2.05. The van der Waals surface area contributed by atoms with Gasteiger partial charge in [-0.25, -0.2) is 0 Å². The van der Waals surface area contributed by atoms with E-state index in [4.69, 9.17) is 0 Å². The number of aryl methyl sites for hydroxylation is 1. The predicted octanol–water partition coefficient (Wildman–Crippen LogP) is -0.798. The van der Waals surface area contributed by atoms with Gasteiger partial charge < -0.3 is 15.5 Å². The topological polar surface area (TPSA) is 62.6 Å². The monoisotopic (exact) mass is 262 g/mol. The molecule has 1 aromatic rings. The average molecular weight is 262 g/mol. The summed E-state index contributed by atoms with van der Waals surface area (Å²) in [6, 6.07) is 7.84. The molecule has 2 rings (SSSR count). The number of rotatable bonds is 4. The van der Waals surface area contributed by atoms with Crippen molar-refractivity contribution in [2.75, 3.05) is 31.5 Å². The molecule has 0 spiro atoms. The Balaban J connectivity index is 1.84. The van der Waals surface area contributed by atoms with Crippen LogP contribution in [-0.2, 0) is 16.0 Å². The van der Waals surface area contributed by atoms with Gasteiger partial charge >= 0.3 is 0 Å². The summed E-state index contributed by atoms with van der Waals surface area (Å²) in [5, 5.41) is 5.62. The zero-order valence-corrected chi connectivity index (χ0v) is 11.2.